The molecule has 9 aliphatic rings. The summed E-state index contributed by atoms with van der Waals surface area (Å²) >= 11 is 0. The van der Waals surface area contributed by atoms with E-state index in [9.17, 15) is 9.90 Å². The van der Waals surface area contributed by atoms with Crippen LogP contribution in [0.15, 0.2) is 12.2 Å². The molecule has 0 aromatic heterocycles. The molecule has 3 nitrogen and oxygen atoms in total. The molecule has 23 heavy (non-hydrogen) atoms. The van der Waals surface area contributed by atoms with Crippen LogP contribution in [-0.4, -0.2) is 40.5 Å². The Morgan fingerprint density at radius 3 is 3.00 bits per heavy atom. The number of carbonyl (C=O) groups excluding carboxylic acids is 1. The normalized spacial score (nSPS) is 72.4. The first kappa shape index (κ1) is 12.7. The molecule has 0 amide bonds. The fourth-order valence-corrected chi connectivity index (χ4v) is 10.3. The van der Waals surface area contributed by atoms with Crippen molar-refractivity contribution >= 4 is 5.78 Å². The quantitative estimate of drug-likeness (QED) is 0.696. The molecule has 3 heterocycles. The van der Waals surface area contributed by atoms with Gasteiger partial charge in [-0.2, -0.15) is 0 Å². The highest BCUT2D eigenvalue weighted by Gasteiger charge is 2.89. The highest BCUT2D eigenvalue weighted by Crippen LogP contribution is 2.86. The molecule has 3 heteroatoms. The zero-order valence-electron chi connectivity index (χ0n) is 13.8. The van der Waals surface area contributed by atoms with Crippen molar-refractivity contribution in [1.82, 2.24) is 4.90 Å². The second kappa shape index (κ2) is 3.10. The van der Waals surface area contributed by atoms with Crippen molar-refractivity contribution in [2.75, 3.05) is 6.54 Å². The first-order valence-electron chi connectivity index (χ1n) is 9.61. The lowest BCUT2D eigenvalue weighted by Crippen LogP contribution is -2.66. The maximum absolute atomic E-state index is 13.5. The van der Waals surface area contributed by atoms with Crippen LogP contribution in [-0.2, 0) is 4.79 Å². The summed E-state index contributed by atoms with van der Waals surface area (Å²) in [5.74, 6) is 1.47. The number of aliphatic hydroxyl groups is 1. The Morgan fingerprint density at radius 2 is 2.17 bits per heavy atom. The minimum absolute atomic E-state index is 0.0766. The zero-order valence-corrected chi connectivity index (χ0v) is 13.8. The molecule has 6 aliphatic carbocycles. The largest absolute Gasteiger partial charge is 0.392 e. The highest BCUT2D eigenvalue weighted by molar-refractivity contribution is 5.92. The van der Waals surface area contributed by atoms with Crippen LogP contribution in [0.25, 0.3) is 0 Å². The lowest BCUT2D eigenvalue weighted by molar-refractivity contribution is -0.174. The minimum atomic E-state index is -0.446. The van der Waals surface area contributed by atoms with Crippen LogP contribution in [0.1, 0.15) is 39.0 Å². The lowest BCUT2D eigenvalue weighted by Gasteiger charge is -2.62. The highest BCUT2D eigenvalue weighted by atomic mass is 16.3. The van der Waals surface area contributed by atoms with Crippen LogP contribution in [0.3, 0.4) is 0 Å². The van der Waals surface area contributed by atoms with Gasteiger partial charge in [0.1, 0.15) is 5.78 Å². The SMILES string of the molecule is C=C1C[C@@]23C[C@H]4[C@@H]5[C@@]6(C)CCC[C@@]57[C@@H]2C(=O)[C@@H]1[C@H](O)[C@@H]3[C@H]7N4C6. The van der Waals surface area contributed by atoms with Crippen LogP contribution in [0.4, 0.5) is 0 Å². The predicted octanol–water partition coefficient (Wildman–Crippen LogP) is 2.00. The third-order valence-electron chi connectivity index (χ3n) is 9.95. The van der Waals surface area contributed by atoms with Gasteiger partial charge in [-0.15, -0.1) is 0 Å². The molecule has 9 rings (SSSR count). The zero-order chi connectivity index (χ0) is 15.5. The van der Waals surface area contributed by atoms with Crippen LogP contribution < -0.4 is 0 Å². The molecule has 3 aliphatic heterocycles. The Labute approximate surface area is 137 Å². The number of rotatable bonds is 0. The number of nitrogens with zero attached hydrogens (tertiary/aromatic N) is 1. The monoisotopic (exact) mass is 311 g/mol. The first-order chi connectivity index (χ1) is 11.0. The van der Waals surface area contributed by atoms with E-state index in [0.717, 1.165) is 24.3 Å². The smallest absolute Gasteiger partial charge is 0.146 e. The van der Waals surface area contributed by atoms with Crippen molar-refractivity contribution in [1.29, 1.82) is 0 Å². The van der Waals surface area contributed by atoms with Gasteiger partial charge in [-0.3, -0.25) is 9.69 Å². The molecule has 0 radical (unpaired) electrons. The average molecular weight is 311 g/mol. The van der Waals surface area contributed by atoms with Gasteiger partial charge < -0.3 is 5.11 Å². The number of carbonyl (C=O) groups is 1. The predicted molar refractivity (Wildman–Crippen MR) is 84.5 cm³/mol. The van der Waals surface area contributed by atoms with E-state index < -0.39 is 6.10 Å². The molecule has 1 N–H and O–H groups in total. The molecule has 122 valence electrons. The van der Waals surface area contributed by atoms with E-state index in [1.165, 1.54) is 25.8 Å². The van der Waals surface area contributed by atoms with E-state index in [0.29, 0.717) is 29.2 Å². The van der Waals surface area contributed by atoms with E-state index in [-0.39, 0.29) is 22.7 Å². The van der Waals surface area contributed by atoms with E-state index >= 15 is 0 Å². The molecule has 6 saturated carbocycles. The van der Waals surface area contributed by atoms with Gasteiger partial charge in [-0.1, -0.05) is 25.5 Å². The van der Waals surface area contributed by atoms with Gasteiger partial charge in [0, 0.05) is 35.9 Å². The molecular weight excluding hydrogens is 286 g/mol. The van der Waals surface area contributed by atoms with Crippen LogP contribution in [0, 0.1) is 39.9 Å². The summed E-state index contributed by atoms with van der Waals surface area (Å²) in [4.78, 5) is 16.3. The molecule has 2 spiro atoms. The Hall–Kier alpha value is -0.670. The Morgan fingerprint density at radius 1 is 1.35 bits per heavy atom. The maximum Gasteiger partial charge on any atom is 0.146 e. The first-order valence-corrected chi connectivity index (χ1v) is 9.61. The van der Waals surface area contributed by atoms with Gasteiger partial charge >= 0.3 is 0 Å². The molecule has 0 aromatic carbocycles. The Kier molecular flexibility index (Phi) is 1.71. The van der Waals surface area contributed by atoms with Gasteiger partial charge in [0.2, 0.25) is 0 Å². The number of piperidine rings is 2. The summed E-state index contributed by atoms with van der Waals surface area (Å²) < 4.78 is 0. The summed E-state index contributed by atoms with van der Waals surface area (Å²) in [7, 11) is 0. The van der Waals surface area contributed by atoms with E-state index in [2.05, 4.69) is 18.4 Å². The molecular formula is C20H25NO2. The van der Waals surface area contributed by atoms with Crippen molar-refractivity contribution in [3.8, 4) is 0 Å². The molecule has 9 bridgehead atoms. The summed E-state index contributed by atoms with van der Waals surface area (Å²) in [6.07, 6.45) is 5.62. The van der Waals surface area contributed by atoms with Crippen molar-refractivity contribution in [3.05, 3.63) is 12.2 Å². The molecule has 0 aromatic rings. The van der Waals surface area contributed by atoms with Gasteiger partial charge in [-0.25, -0.2) is 0 Å². The number of hydrogen-bond acceptors (Lipinski definition) is 3. The summed E-state index contributed by atoms with van der Waals surface area (Å²) in [6.45, 7) is 7.95. The van der Waals surface area contributed by atoms with E-state index in [1.54, 1.807) is 0 Å². The number of fused-ring (bicyclic) bond motifs is 1. The third-order valence-corrected chi connectivity index (χ3v) is 9.95. The Bertz CT molecular complexity index is 716. The molecule has 1 unspecified atom stereocenters. The van der Waals surface area contributed by atoms with Crippen LogP contribution in [0.2, 0.25) is 0 Å². The Balaban J connectivity index is 1.56. The number of hydrogen-bond donors (Lipinski definition) is 1. The number of Topliss-reactive ketones (excluding diaryl/α,β-unsaturated/α-hetero) is 1. The second-order valence-electron chi connectivity index (χ2n) is 10.4. The van der Waals surface area contributed by atoms with Gasteiger partial charge in [-0.05, 0) is 42.4 Å². The number of ketones is 1. The van der Waals surface area contributed by atoms with Gasteiger partial charge in [0.15, 0.2) is 0 Å². The molecule has 11 atom stereocenters. The van der Waals surface area contributed by atoms with Crippen molar-refractivity contribution in [3.63, 3.8) is 0 Å². The van der Waals surface area contributed by atoms with Crippen molar-refractivity contribution in [2.45, 2.75) is 57.2 Å². The van der Waals surface area contributed by atoms with E-state index in [1.807, 2.05) is 0 Å². The fourth-order valence-electron chi connectivity index (χ4n) is 10.3. The summed E-state index contributed by atoms with van der Waals surface area (Å²) in [5.41, 5.74) is 1.77. The van der Waals surface area contributed by atoms with E-state index in [4.69, 9.17) is 0 Å². The standard InChI is InChI=1S/C20H25NO2/c1-9-6-19-7-10-15-18(2)4-3-5-20(15)16(19)14(23)11(9)13(22)12(19)17(20)21(10)8-18/h10-13,15-17,22H,1,3-8H2,2H3/t10-,11-,12+,13-,15+,16+,17+,18-,19-,20-/m0/s1. The van der Waals surface area contributed by atoms with Gasteiger partial charge in [0.05, 0.1) is 12.0 Å². The third kappa shape index (κ3) is 0.896. The fraction of sp³-hybridized carbons (Fsp3) is 0.850. The minimum Gasteiger partial charge on any atom is -0.392 e. The molecule has 9 fully saturated rings. The van der Waals surface area contributed by atoms with Crippen molar-refractivity contribution < 1.29 is 9.90 Å². The van der Waals surface area contributed by atoms with Crippen molar-refractivity contribution in [2.24, 2.45) is 39.9 Å². The average Bonchev–Trinajstić information content (AvgIpc) is 2.90. The second-order valence-corrected chi connectivity index (χ2v) is 10.4. The van der Waals surface area contributed by atoms with Crippen LogP contribution >= 0.6 is 0 Å². The lowest BCUT2D eigenvalue weighted by atomic mass is 9.40. The summed E-state index contributed by atoms with van der Waals surface area (Å²) in [5, 5.41) is 11.1. The summed E-state index contributed by atoms with van der Waals surface area (Å²) in [6, 6.07) is 1.20. The number of aliphatic hydroxyl groups excluding tert-OH is 1. The van der Waals surface area contributed by atoms with Crippen LogP contribution in [0.5, 0.6) is 0 Å². The van der Waals surface area contributed by atoms with Gasteiger partial charge in [0.25, 0.3) is 0 Å². The topological polar surface area (TPSA) is 40.5 Å². The maximum atomic E-state index is 13.5. The molecule has 3 saturated heterocycles.